The number of Topliss-reactive ketones (excluding diaryl/α,β-unsaturated/α-hetero) is 1. The number of nitrogens with one attached hydrogen (secondary N) is 1. The molecule has 0 fully saturated rings. The maximum Gasteiger partial charge on any atom is 0.338 e. The van der Waals surface area contributed by atoms with Gasteiger partial charge in [-0.2, -0.15) is 0 Å². The molecular formula is C20H17NO4. The molecule has 0 radical (unpaired) electrons. The van der Waals surface area contributed by atoms with Crippen molar-refractivity contribution in [1.29, 1.82) is 0 Å². The zero-order valence-corrected chi connectivity index (χ0v) is 13.9. The molecule has 3 rings (SSSR count). The number of esters is 1. The van der Waals surface area contributed by atoms with Gasteiger partial charge in [0, 0.05) is 27.7 Å². The Morgan fingerprint density at radius 2 is 1.76 bits per heavy atom. The molecule has 0 aliphatic heterocycles. The molecule has 0 amide bonds. The Labute approximate surface area is 144 Å². The van der Waals surface area contributed by atoms with E-state index in [9.17, 15) is 14.4 Å². The van der Waals surface area contributed by atoms with E-state index in [1.807, 2.05) is 31.2 Å². The predicted octanol–water partition coefficient (Wildman–Crippen LogP) is 3.72. The van der Waals surface area contributed by atoms with Crippen LogP contribution in [0.4, 0.5) is 0 Å². The molecular weight excluding hydrogens is 318 g/mol. The van der Waals surface area contributed by atoms with E-state index in [0.29, 0.717) is 23.0 Å². The highest BCUT2D eigenvalue weighted by Crippen LogP contribution is 2.24. The van der Waals surface area contributed by atoms with Gasteiger partial charge in [0.05, 0.1) is 5.56 Å². The SMILES string of the molecule is Cc1[nH]c2ccccc2c1C(=O)[C@H](C)OC(=O)c1ccc(C=O)cc1. The summed E-state index contributed by atoms with van der Waals surface area (Å²) in [4.78, 5) is 38.8. The normalized spacial score (nSPS) is 11.9. The molecule has 0 aliphatic rings. The van der Waals surface area contributed by atoms with E-state index >= 15 is 0 Å². The minimum atomic E-state index is -0.920. The zero-order valence-electron chi connectivity index (χ0n) is 13.9. The van der Waals surface area contributed by atoms with Crippen LogP contribution in [0.2, 0.25) is 0 Å². The number of hydrogen-bond acceptors (Lipinski definition) is 4. The molecule has 1 atom stereocenters. The third-order valence-corrected chi connectivity index (χ3v) is 4.08. The van der Waals surface area contributed by atoms with Crippen LogP contribution in [0.5, 0.6) is 0 Å². The molecule has 126 valence electrons. The molecule has 5 heteroatoms. The molecule has 0 bridgehead atoms. The number of aldehydes is 1. The van der Waals surface area contributed by atoms with Crippen molar-refractivity contribution < 1.29 is 19.1 Å². The van der Waals surface area contributed by atoms with Gasteiger partial charge >= 0.3 is 5.97 Å². The number of rotatable bonds is 5. The predicted molar refractivity (Wildman–Crippen MR) is 94.1 cm³/mol. The van der Waals surface area contributed by atoms with E-state index in [2.05, 4.69) is 4.98 Å². The maximum absolute atomic E-state index is 12.8. The Kier molecular flexibility index (Phi) is 4.48. The number of hydrogen-bond donors (Lipinski definition) is 1. The second-order valence-electron chi connectivity index (χ2n) is 5.82. The molecule has 0 unspecified atom stereocenters. The van der Waals surface area contributed by atoms with Gasteiger partial charge in [-0.3, -0.25) is 9.59 Å². The van der Waals surface area contributed by atoms with Crippen LogP contribution in [0, 0.1) is 6.92 Å². The van der Waals surface area contributed by atoms with Crippen LogP contribution in [0.25, 0.3) is 10.9 Å². The van der Waals surface area contributed by atoms with E-state index in [4.69, 9.17) is 4.74 Å². The summed E-state index contributed by atoms with van der Waals surface area (Å²) in [6.07, 6.45) is -0.225. The fourth-order valence-corrected chi connectivity index (χ4v) is 2.78. The maximum atomic E-state index is 12.8. The first kappa shape index (κ1) is 16.6. The van der Waals surface area contributed by atoms with E-state index < -0.39 is 12.1 Å². The summed E-state index contributed by atoms with van der Waals surface area (Å²) >= 11 is 0. The number of aromatic amines is 1. The van der Waals surface area contributed by atoms with Crippen LogP contribution < -0.4 is 0 Å². The summed E-state index contributed by atoms with van der Waals surface area (Å²) in [5.74, 6) is -0.858. The molecule has 1 heterocycles. The van der Waals surface area contributed by atoms with Crippen molar-refractivity contribution in [2.24, 2.45) is 0 Å². The van der Waals surface area contributed by atoms with Crippen LogP contribution in [-0.2, 0) is 4.74 Å². The average molecular weight is 335 g/mol. The standard InChI is InChI=1S/C20H17NO4/c1-12-18(16-5-3-4-6-17(16)21-12)19(23)13(2)25-20(24)15-9-7-14(11-22)8-10-15/h3-11,13,21H,1-2H3/t13-/m0/s1. The number of carbonyl (C=O) groups is 3. The van der Waals surface area contributed by atoms with Crippen LogP contribution in [0.1, 0.15) is 43.7 Å². The van der Waals surface area contributed by atoms with Gasteiger partial charge in [-0.05, 0) is 32.0 Å². The number of ether oxygens (including phenoxy) is 1. The Morgan fingerprint density at radius 1 is 1.08 bits per heavy atom. The minimum absolute atomic E-state index is 0.257. The van der Waals surface area contributed by atoms with Gasteiger partial charge in [-0.25, -0.2) is 4.79 Å². The second kappa shape index (κ2) is 6.73. The van der Waals surface area contributed by atoms with Crippen molar-refractivity contribution in [1.82, 2.24) is 4.98 Å². The molecule has 2 aromatic carbocycles. The van der Waals surface area contributed by atoms with E-state index in [-0.39, 0.29) is 5.78 Å². The molecule has 0 saturated heterocycles. The quantitative estimate of drug-likeness (QED) is 0.438. The van der Waals surface area contributed by atoms with Crippen LogP contribution in [0.3, 0.4) is 0 Å². The molecule has 25 heavy (non-hydrogen) atoms. The summed E-state index contributed by atoms with van der Waals surface area (Å²) in [7, 11) is 0. The van der Waals surface area contributed by atoms with E-state index in [0.717, 1.165) is 16.6 Å². The summed E-state index contributed by atoms with van der Waals surface area (Å²) in [6.45, 7) is 3.38. The van der Waals surface area contributed by atoms with Gasteiger partial charge in [0.2, 0.25) is 5.78 Å². The second-order valence-corrected chi connectivity index (χ2v) is 5.82. The zero-order chi connectivity index (χ0) is 18.0. The van der Waals surface area contributed by atoms with Gasteiger partial charge in [-0.15, -0.1) is 0 Å². The summed E-state index contributed by atoms with van der Waals surface area (Å²) in [5, 5.41) is 0.809. The molecule has 0 spiro atoms. The molecule has 3 aromatic rings. The third-order valence-electron chi connectivity index (χ3n) is 4.08. The largest absolute Gasteiger partial charge is 0.451 e. The fraction of sp³-hybridized carbons (Fsp3) is 0.150. The molecule has 0 aliphatic carbocycles. The lowest BCUT2D eigenvalue weighted by molar-refractivity contribution is 0.0319. The van der Waals surface area contributed by atoms with Gasteiger partial charge in [0.25, 0.3) is 0 Å². The van der Waals surface area contributed by atoms with E-state index in [1.54, 1.807) is 6.92 Å². The molecule has 1 aromatic heterocycles. The van der Waals surface area contributed by atoms with Crippen LogP contribution in [-0.4, -0.2) is 29.1 Å². The number of ketones is 1. The highest BCUT2D eigenvalue weighted by atomic mass is 16.5. The van der Waals surface area contributed by atoms with Crippen molar-refractivity contribution in [2.45, 2.75) is 20.0 Å². The topological polar surface area (TPSA) is 76.2 Å². The lowest BCUT2D eigenvalue weighted by Crippen LogP contribution is -2.24. The first-order chi connectivity index (χ1) is 12.0. The van der Waals surface area contributed by atoms with Gasteiger partial charge in [0.15, 0.2) is 6.10 Å². The lowest BCUT2D eigenvalue weighted by Gasteiger charge is -2.12. The van der Waals surface area contributed by atoms with E-state index in [1.165, 1.54) is 24.3 Å². The van der Waals surface area contributed by atoms with Crippen molar-refractivity contribution in [3.05, 3.63) is 70.9 Å². The Balaban J connectivity index is 1.81. The lowest BCUT2D eigenvalue weighted by atomic mass is 10.0. The number of benzene rings is 2. The Morgan fingerprint density at radius 3 is 2.44 bits per heavy atom. The van der Waals surface area contributed by atoms with Gasteiger partial charge < -0.3 is 9.72 Å². The number of para-hydroxylation sites is 1. The number of carbonyl (C=O) groups excluding carboxylic acids is 3. The summed E-state index contributed by atoms with van der Waals surface area (Å²) in [6, 6.07) is 13.6. The molecule has 0 saturated carbocycles. The van der Waals surface area contributed by atoms with Crippen LogP contribution in [0.15, 0.2) is 48.5 Å². The van der Waals surface area contributed by atoms with Gasteiger partial charge in [-0.1, -0.05) is 30.3 Å². The number of aryl methyl sites for hydroxylation is 1. The molecule has 5 nitrogen and oxygen atoms in total. The highest BCUT2D eigenvalue weighted by molar-refractivity contribution is 6.11. The number of H-pyrrole nitrogens is 1. The Hall–Kier alpha value is -3.21. The third kappa shape index (κ3) is 3.21. The minimum Gasteiger partial charge on any atom is -0.451 e. The van der Waals surface area contributed by atoms with Crippen molar-refractivity contribution in [2.75, 3.05) is 0 Å². The van der Waals surface area contributed by atoms with Gasteiger partial charge in [0.1, 0.15) is 6.29 Å². The monoisotopic (exact) mass is 335 g/mol. The first-order valence-corrected chi connectivity index (χ1v) is 7.89. The number of fused-ring (bicyclic) bond motifs is 1. The smallest absolute Gasteiger partial charge is 0.338 e. The van der Waals surface area contributed by atoms with Crippen molar-refractivity contribution >= 4 is 28.9 Å². The number of aromatic nitrogens is 1. The van der Waals surface area contributed by atoms with Crippen molar-refractivity contribution in [3.63, 3.8) is 0 Å². The summed E-state index contributed by atoms with van der Waals surface area (Å²) < 4.78 is 5.31. The first-order valence-electron chi connectivity index (χ1n) is 7.89. The molecule has 1 N–H and O–H groups in total. The van der Waals surface area contributed by atoms with Crippen molar-refractivity contribution in [3.8, 4) is 0 Å². The fourth-order valence-electron chi connectivity index (χ4n) is 2.78. The summed E-state index contributed by atoms with van der Waals surface area (Å²) in [5.41, 5.74) is 2.90. The highest BCUT2D eigenvalue weighted by Gasteiger charge is 2.24. The Bertz CT molecular complexity index is 953. The average Bonchev–Trinajstić information content (AvgIpc) is 2.96. The van der Waals surface area contributed by atoms with Crippen LogP contribution >= 0.6 is 0 Å².